The molecule has 7 rings (SSSR count). The highest BCUT2D eigenvalue weighted by atomic mass is 32.3. The fourth-order valence-electron chi connectivity index (χ4n) is 7.18. The van der Waals surface area contributed by atoms with Crippen LogP contribution in [0.1, 0.15) is 45.6 Å². The summed E-state index contributed by atoms with van der Waals surface area (Å²) in [5.74, 6) is 1.69. The molecule has 3 aromatic heterocycles. The maximum absolute atomic E-state index is 12.5. The van der Waals surface area contributed by atoms with Gasteiger partial charge in [-0.2, -0.15) is 10.6 Å². The predicted octanol–water partition coefficient (Wildman–Crippen LogP) is 7.46. The molecule has 0 bridgehead atoms. The summed E-state index contributed by atoms with van der Waals surface area (Å²) in [5, 5.41) is 10.3. The fraction of sp³-hybridized carbons (Fsp3) is 0.333. The van der Waals surface area contributed by atoms with Crippen LogP contribution in [-0.2, 0) is 5.54 Å². The van der Waals surface area contributed by atoms with Gasteiger partial charge in [0.25, 0.3) is 0 Å². The molecule has 12 heteroatoms. The number of imidazole rings is 1. The topological polar surface area (TPSA) is 154 Å². The van der Waals surface area contributed by atoms with Gasteiger partial charge in [0.2, 0.25) is 0 Å². The molecule has 2 fully saturated rings. The molecule has 11 nitrogen and oxygen atoms in total. The van der Waals surface area contributed by atoms with Gasteiger partial charge in [-0.1, -0.05) is 24.3 Å². The van der Waals surface area contributed by atoms with Crippen molar-refractivity contribution in [3.8, 4) is 28.3 Å². The van der Waals surface area contributed by atoms with Crippen LogP contribution in [0.25, 0.3) is 39.5 Å². The second-order valence-corrected chi connectivity index (χ2v) is 16.1. The molecule has 5 N–H and O–H groups in total. The van der Waals surface area contributed by atoms with Crippen LogP contribution in [0.2, 0.25) is 0 Å². The van der Waals surface area contributed by atoms with Crippen LogP contribution in [0.3, 0.4) is 0 Å². The monoisotopic (exact) mass is 667 g/mol. The van der Waals surface area contributed by atoms with Crippen molar-refractivity contribution < 1.29 is 19.0 Å². The first kappa shape index (κ1) is 31.9. The van der Waals surface area contributed by atoms with Gasteiger partial charge in [0.05, 0.1) is 28.3 Å². The molecule has 4 heterocycles. The Morgan fingerprint density at radius 1 is 0.938 bits per heavy atom. The number of carboxylic acid groups (broad SMARTS) is 1. The van der Waals surface area contributed by atoms with E-state index in [-0.39, 0.29) is 0 Å². The zero-order valence-corrected chi connectivity index (χ0v) is 28.2. The Balaban J connectivity index is 1.32. The molecule has 0 spiro atoms. The summed E-state index contributed by atoms with van der Waals surface area (Å²) in [6.45, 7) is 6.99. The average Bonchev–Trinajstić information content (AvgIpc) is 3.41. The van der Waals surface area contributed by atoms with E-state index in [0.29, 0.717) is 53.0 Å². The lowest BCUT2D eigenvalue weighted by Crippen LogP contribution is -2.60. The Hall–Kier alpha value is -4.65. The van der Waals surface area contributed by atoms with Crippen LogP contribution in [0.15, 0.2) is 79.0 Å². The number of aromatic nitrogens is 4. The smallest absolute Gasteiger partial charge is 0.408 e. The second-order valence-electron chi connectivity index (χ2n) is 13.7. The van der Waals surface area contributed by atoms with Crippen molar-refractivity contribution in [2.75, 3.05) is 35.2 Å². The highest BCUT2D eigenvalue weighted by Gasteiger charge is 2.50. The van der Waals surface area contributed by atoms with E-state index in [0.717, 1.165) is 47.5 Å². The summed E-state index contributed by atoms with van der Waals surface area (Å²) in [6, 6.07) is 23.8. The minimum Gasteiger partial charge on any atom is -0.465 e. The molecule has 1 saturated heterocycles. The van der Waals surface area contributed by atoms with Crippen LogP contribution in [0.5, 0.6) is 0 Å². The lowest BCUT2D eigenvalue weighted by atomic mass is 9.69. The molecule has 48 heavy (non-hydrogen) atoms. The van der Waals surface area contributed by atoms with Gasteiger partial charge in [0.15, 0.2) is 11.5 Å². The molecule has 1 amide bonds. The first-order valence-corrected chi connectivity index (χ1v) is 18.1. The minimum atomic E-state index is -2.49. The second kappa shape index (κ2) is 11.8. The molecule has 0 atom stereocenters. The maximum Gasteiger partial charge on any atom is 0.408 e. The first-order chi connectivity index (χ1) is 22.9. The molecule has 0 radical (unpaired) electrons. The minimum absolute atomic E-state index is 0.354. The summed E-state index contributed by atoms with van der Waals surface area (Å²) in [5.41, 5.74) is 11.7. The van der Waals surface area contributed by atoms with E-state index >= 15 is 0 Å². The Labute approximate surface area is 281 Å². The Morgan fingerprint density at radius 3 is 2.29 bits per heavy atom. The van der Waals surface area contributed by atoms with E-state index in [9.17, 15) is 19.0 Å². The molecule has 5 aromatic rings. The Kier molecular flexibility index (Phi) is 7.85. The van der Waals surface area contributed by atoms with Crippen LogP contribution >= 0.6 is 10.6 Å². The lowest BCUT2D eigenvalue weighted by molar-refractivity contribution is -0.0328. The number of nitrogens with two attached hydrogens (primary N) is 1. The molecule has 0 unspecified atom stereocenters. The van der Waals surface area contributed by atoms with E-state index in [4.69, 9.17) is 15.7 Å². The van der Waals surface area contributed by atoms with Gasteiger partial charge in [0, 0.05) is 41.8 Å². The fourth-order valence-corrected chi connectivity index (χ4v) is 8.41. The quantitative estimate of drug-likeness (QED) is 0.144. The summed E-state index contributed by atoms with van der Waals surface area (Å²) in [4.78, 5) is 30.8. The molecule has 2 aliphatic rings. The van der Waals surface area contributed by atoms with Gasteiger partial charge in [0.1, 0.15) is 11.3 Å². The number of benzene rings is 2. The van der Waals surface area contributed by atoms with E-state index in [1.54, 1.807) is 11.1 Å². The molecular weight excluding hydrogens is 627 g/mol. The van der Waals surface area contributed by atoms with Crippen molar-refractivity contribution >= 4 is 39.4 Å². The SMILES string of the molecule is CC(C)(C)N(C(=O)O)C1(c2ccc(-n3c(-c4cccnc4N)nc4ccc(-c5cccc(N6CCS(O)(O)CC6)c5)nc43)cc2)CCC1. The standard InChI is InChI=1S/C36H41N7O4S/c1-35(2,3)43(34(44)45)36(16-6-17-36)25-10-12-26(13-11-25)42-32(28-9-5-18-38-31(28)37)40-30-15-14-29(39-33(30)42)24-7-4-8-27(23-24)41-19-21-48(46,47)22-20-41/h4-5,7-15,18,23,46-47H,6,16-17,19-22H2,1-3H3,(H2,37,38)(H,44,45). The zero-order valence-electron chi connectivity index (χ0n) is 27.4. The van der Waals surface area contributed by atoms with E-state index in [1.165, 1.54) is 0 Å². The number of amides is 1. The highest BCUT2D eigenvalue weighted by Crippen LogP contribution is 2.50. The number of nitrogens with zero attached hydrogens (tertiary/aromatic N) is 6. The van der Waals surface area contributed by atoms with Gasteiger partial charge < -0.3 is 15.7 Å². The van der Waals surface area contributed by atoms with Crippen molar-refractivity contribution in [3.05, 3.63) is 84.6 Å². The largest absolute Gasteiger partial charge is 0.465 e. The number of pyridine rings is 2. The Morgan fingerprint density at radius 2 is 1.67 bits per heavy atom. The predicted molar refractivity (Wildman–Crippen MR) is 192 cm³/mol. The van der Waals surface area contributed by atoms with E-state index in [1.807, 2.05) is 92.1 Å². The molecular formula is C36H41N7O4S. The Bertz CT molecular complexity index is 1990. The van der Waals surface area contributed by atoms with Gasteiger partial charge >= 0.3 is 6.09 Å². The van der Waals surface area contributed by atoms with Gasteiger partial charge in [-0.3, -0.25) is 18.6 Å². The summed E-state index contributed by atoms with van der Waals surface area (Å²) in [7, 11) is -2.49. The first-order valence-electron chi connectivity index (χ1n) is 16.2. The van der Waals surface area contributed by atoms with Crippen molar-refractivity contribution in [1.29, 1.82) is 0 Å². The van der Waals surface area contributed by atoms with Gasteiger partial charge in [-0.25, -0.2) is 19.7 Å². The van der Waals surface area contributed by atoms with Gasteiger partial charge in [-0.15, -0.1) is 0 Å². The summed E-state index contributed by atoms with van der Waals surface area (Å²) >= 11 is 0. The average molecular weight is 668 g/mol. The van der Waals surface area contributed by atoms with Crippen LogP contribution < -0.4 is 10.6 Å². The molecule has 250 valence electrons. The summed E-state index contributed by atoms with van der Waals surface area (Å²) in [6.07, 6.45) is 3.23. The van der Waals surface area contributed by atoms with Crippen LogP contribution in [0, 0.1) is 0 Å². The number of nitrogen functional groups attached to an aromatic ring is 1. The van der Waals surface area contributed by atoms with Crippen molar-refractivity contribution in [3.63, 3.8) is 0 Å². The number of hydrogen-bond donors (Lipinski definition) is 4. The number of fused-ring (bicyclic) bond motifs is 1. The van der Waals surface area contributed by atoms with Crippen molar-refractivity contribution in [1.82, 2.24) is 24.4 Å². The number of hydrogen-bond acceptors (Lipinski definition) is 8. The zero-order chi connectivity index (χ0) is 33.8. The molecule has 2 aromatic carbocycles. The third-order valence-electron chi connectivity index (χ3n) is 9.60. The van der Waals surface area contributed by atoms with Crippen molar-refractivity contribution in [2.45, 2.75) is 51.1 Å². The highest BCUT2D eigenvalue weighted by molar-refractivity contribution is 8.24. The van der Waals surface area contributed by atoms with Crippen molar-refractivity contribution in [2.24, 2.45) is 0 Å². The molecule has 1 aliphatic heterocycles. The van der Waals surface area contributed by atoms with Crippen LogP contribution in [0.4, 0.5) is 16.3 Å². The third-order valence-corrected chi connectivity index (χ3v) is 11.3. The van der Waals surface area contributed by atoms with Crippen LogP contribution in [-0.4, -0.2) is 74.9 Å². The normalized spacial score (nSPS) is 17.9. The summed E-state index contributed by atoms with van der Waals surface area (Å²) < 4.78 is 22.2. The molecule has 1 saturated carbocycles. The maximum atomic E-state index is 12.5. The molecule has 1 aliphatic carbocycles. The lowest BCUT2D eigenvalue weighted by Gasteiger charge is -2.54. The number of anilines is 2. The van der Waals surface area contributed by atoms with E-state index in [2.05, 4.69) is 16.0 Å². The number of rotatable bonds is 6. The van der Waals surface area contributed by atoms with E-state index < -0.39 is 27.8 Å². The van der Waals surface area contributed by atoms with Gasteiger partial charge in [-0.05, 0) is 94.1 Å². The number of carbonyl (C=O) groups is 1. The third kappa shape index (κ3) is 5.63.